The van der Waals surface area contributed by atoms with Crippen molar-refractivity contribution in [3.8, 4) is 0 Å². The van der Waals surface area contributed by atoms with Gasteiger partial charge in [-0.25, -0.2) is 9.97 Å². The number of H-pyrrole nitrogens is 1. The molecule has 0 saturated carbocycles. The Kier molecular flexibility index (Phi) is 4.43. The van der Waals surface area contributed by atoms with Gasteiger partial charge in [0, 0.05) is 46.8 Å². The van der Waals surface area contributed by atoms with E-state index in [2.05, 4.69) is 24.8 Å². The summed E-state index contributed by atoms with van der Waals surface area (Å²) in [6.45, 7) is 4.11. The highest BCUT2D eigenvalue weighted by Crippen LogP contribution is 2.23. The number of nitrogens with zero attached hydrogens (tertiary/aromatic N) is 4. The maximum Gasteiger partial charge on any atom is 0.322 e. The third-order valence-corrected chi connectivity index (χ3v) is 6.11. The quantitative estimate of drug-likeness (QED) is 0.723. The van der Waals surface area contributed by atoms with Crippen LogP contribution in [-0.2, 0) is 16.9 Å². The molecule has 0 radical (unpaired) electrons. The van der Waals surface area contributed by atoms with Crippen LogP contribution in [0.25, 0.3) is 11.0 Å². The molecule has 8 heteroatoms. The van der Waals surface area contributed by atoms with Crippen molar-refractivity contribution in [3.63, 3.8) is 0 Å². The topological polar surface area (TPSA) is 80.8 Å². The molecule has 0 amide bonds. The molecule has 1 aliphatic rings. The van der Waals surface area contributed by atoms with Gasteiger partial charge in [-0.15, -0.1) is 11.3 Å². The van der Waals surface area contributed by atoms with Crippen LogP contribution < -0.4 is 4.90 Å². The smallest absolute Gasteiger partial charge is 0.322 e. The minimum Gasteiger partial charge on any atom is -0.609 e. The van der Waals surface area contributed by atoms with E-state index >= 15 is 0 Å². The molecule has 1 N–H and O–H groups in total. The molecular formula is C16H19N5OS2. The zero-order valence-electron chi connectivity index (χ0n) is 13.5. The highest BCUT2D eigenvalue weighted by Gasteiger charge is 2.21. The standard InChI is InChI=1S/C16H19N5OS2/c1-11-7-17-14(20-15(11)21-5-3-2-4-6-21)10-24(22)16-18-12-8-23-9-13(12)19-16/h7-9H,2-6,10H2,1H3,(H,18,19). The van der Waals surface area contributed by atoms with Crippen LogP contribution in [0.3, 0.4) is 0 Å². The van der Waals surface area contributed by atoms with Gasteiger partial charge in [0.25, 0.3) is 0 Å². The van der Waals surface area contributed by atoms with E-state index < -0.39 is 11.2 Å². The summed E-state index contributed by atoms with van der Waals surface area (Å²) < 4.78 is 12.6. The number of hydrogen-bond donors (Lipinski definition) is 1. The van der Waals surface area contributed by atoms with Crippen molar-refractivity contribution in [2.45, 2.75) is 37.1 Å². The van der Waals surface area contributed by atoms with E-state index in [9.17, 15) is 4.55 Å². The van der Waals surface area contributed by atoms with Crippen molar-refractivity contribution in [1.82, 2.24) is 19.9 Å². The summed E-state index contributed by atoms with van der Waals surface area (Å²) in [7, 11) is 0. The molecule has 3 aromatic rings. The summed E-state index contributed by atoms with van der Waals surface area (Å²) in [6, 6.07) is 0. The average molecular weight is 361 g/mol. The van der Waals surface area contributed by atoms with Crippen molar-refractivity contribution in [3.05, 3.63) is 28.3 Å². The predicted molar refractivity (Wildman–Crippen MR) is 96.9 cm³/mol. The summed E-state index contributed by atoms with van der Waals surface area (Å²) in [5, 5.41) is 4.42. The zero-order chi connectivity index (χ0) is 16.5. The van der Waals surface area contributed by atoms with Crippen LogP contribution in [0.5, 0.6) is 0 Å². The summed E-state index contributed by atoms with van der Waals surface area (Å²) in [5.74, 6) is 1.87. The van der Waals surface area contributed by atoms with Crippen molar-refractivity contribution >= 4 is 39.4 Å². The number of hydrogen-bond acceptors (Lipinski definition) is 6. The first-order chi connectivity index (χ1) is 11.7. The number of anilines is 1. The van der Waals surface area contributed by atoms with E-state index in [1.165, 1.54) is 19.3 Å². The van der Waals surface area contributed by atoms with Gasteiger partial charge in [0.15, 0.2) is 11.6 Å². The Hall–Kier alpha value is -1.64. The Balaban J connectivity index is 1.54. The minimum atomic E-state index is -1.27. The summed E-state index contributed by atoms with van der Waals surface area (Å²) in [6.07, 6.45) is 5.53. The van der Waals surface area contributed by atoms with Crippen LogP contribution >= 0.6 is 11.3 Å². The second-order valence-corrected chi connectivity index (χ2v) is 8.15. The fraction of sp³-hybridized carbons (Fsp3) is 0.438. The third kappa shape index (κ3) is 3.13. The molecular weight excluding hydrogens is 342 g/mol. The van der Waals surface area contributed by atoms with E-state index in [1.54, 1.807) is 11.3 Å². The van der Waals surface area contributed by atoms with Crippen molar-refractivity contribution in [2.24, 2.45) is 0 Å². The van der Waals surface area contributed by atoms with Crippen LogP contribution in [-0.4, -0.2) is 37.6 Å². The Morgan fingerprint density at radius 3 is 2.88 bits per heavy atom. The number of fused-ring (bicyclic) bond motifs is 1. The normalized spacial score (nSPS) is 16.7. The van der Waals surface area contributed by atoms with E-state index in [-0.39, 0.29) is 5.75 Å². The Morgan fingerprint density at radius 2 is 2.08 bits per heavy atom. The maximum atomic E-state index is 12.6. The molecule has 126 valence electrons. The first kappa shape index (κ1) is 15.9. The van der Waals surface area contributed by atoms with E-state index in [0.717, 1.165) is 35.5 Å². The minimum absolute atomic E-state index is 0.278. The zero-order valence-corrected chi connectivity index (χ0v) is 15.1. The van der Waals surface area contributed by atoms with Crippen molar-refractivity contribution < 1.29 is 4.55 Å². The summed E-state index contributed by atoms with van der Waals surface area (Å²) in [5.41, 5.74) is 2.87. The highest BCUT2D eigenvalue weighted by atomic mass is 32.2. The maximum absolute atomic E-state index is 12.6. The number of aromatic amines is 1. The lowest BCUT2D eigenvalue weighted by Crippen LogP contribution is -2.31. The monoisotopic (exact) mass is 361 g/mol. The van der Waals surface area contributed by atoms with Gasteiger partial charge in [-0.3, -0.25) is 4.98 Å². The molecule has 4 rings (SSSR count). The lowest BCUT2D eigenvalue weighted by Gasteiger charge is -2.29. The highest BCUT2D eigenvalue weighted by molar-refractivity contribution is 7.90. The molecule has 1 fully saturated rings. The second-order valence-electron chi connectivity index (χ2n) is 6.04. The number of thiophene rings is 1. The van der Waals surface area contributed by atoms with Gasteiger partial charge in [-0.05, 0) is 26.2 Å². The fourth-order valence-corrected chi connectivity index (χ4v) is 4.61. The number of rotatable bonds is 4. The molecule has 0 spiro atoms. The number of piperidine rings is 1. The first-order valence-corrected chi connectivity index (χ1v) is 10.3. The van der Waals surface area contributed by atoms with E-state index in [0.29, 0.717) is 11.0 Å². The molecule has 1 atom stereocenters. The van der Waals surface area contributed by atoms with Gasteiger partial charge in [-0.2, -0.15) is 4.98 Å². The molecule has 1 saturated heterocycles. The summed E-state index contributed by atoms with van der Waals surface area (Å²) in [4.78, 5) is 18.9. The molecule has 1 aliphatic heterocycles. The molecule has 0 aliphatic carbocycles. The second kappa shape index (κ2) is 6.70. The van der Waals surface area contributed by atoms with Gasteiger partial charge in [-0.1, -0.05) is 0 Å². The van der Waals surface area contributed by atoms with Crippen molar-refractivity contribution in [1.29, 1.82) is 0 Å². The third-order valence-electron chi connectivity index (χ3n) is 4.23. The van der Waals surface area contributed by atoms with Gasteiger partial charge in [0.1, 0.15) is 11.3 Å². The molecule has 3 aromatic heterocycles. The van der Waals surface area contributed by atoms with Crippen LogP contribution in [0.1, 0.15) is 30.7 Å². The molecule has 1 unspecified atom stereocenters. The molecule has 6 nitrogen and oxygen atoms in total. The largest absolute Gasteiger partial charge is 0.609 e. The van der Waals surface area contributed by atoms with Crippen LogP contribution in [0.4, 0.5) is 5.82 Å². The number of imidazole rings is 1. The van der Waals surface area contributed by atoms with Gasteiger partial charge >= 0.3 is 5.16 Å². The average Bonchev–Trinajstić information content (AvgIpc) is 3.19. The first-order valence-electron chi connectivity index (χ1n) is 8.08. The number of nitrogens with one attached hydrogen (secondary N) is 1. The van der Waals surface area contributed by atoms with Crippen molar-refractivity contribution in [2.75, 3.05) is 18.0 Å². The number of aryl methyl sites for hydroxylation is 1. The van der Waals surface area contributed by atoms with Gasteiger partial charge in [0.2, 0.25) is 0 Å². The predicted octanol–water partition coefficient (Wildman–Crippen LogP) is 3.02. The van der Waals surface area contributed by atoms with E-state index in [4.69, 9.17) is 0 Å². The Bertz CT molecular complexity index is 811. The molecule has 4 heterocycles. The fourth-order valence-electron chi connectivity index (χ4n) is 2.98. The molecule has 0 bridgehead atoms. The number of aromatic nitrogens is 4. The van der Waals surface area contributed by atoms with Gasteiger partial charge < -0.3 is 9.45 Å². The Labute approximate surface area is 147 Å². The Morgan fingerprint density at radius 1 is 1.25 bits per heavy atom. The lowest BCUT2D eigenvalue weighted by atomic mass is 10.1. The van der Waals surface area contributed by atoms with Crippen LogP contribution in [0.2, 0.25) is 0 Å². The van der Waals surface area contributed by atoms with Crippen LogP contribution in [0, 0.1) is 6.92 Å². The van der Waals surface area contributed by atoms with Gasteiger partial charge in [0.05, 0.1) is 5.52 Å². The summed E-state index contributed by atoms with van der Waals surface area (Å²) >= 11 is 0.310. The SMILES string of the molecule is Cc1cnc(C[S+]([O-])c2nc3cscc3[nH]2)nc1N1CCCCC1. The molecule has 24 heavy (non-hydrogen) atoms. The lowest BCUT2D eigenvalue weighted by molar-refractivity contribution is 0.570. The molecule has 0 aromatic carbocycles. The van der Waals surface area contributed by atoms with Crippen LogP contribution in [0.15, 0.2) is 22.1 Å². The van der Waals surface area contributed by atoms with E-state index in [1.807, 2.05) is 23.9 Å².